The van der Waals surface area contributed by atoms with Crippen molar-refractivity contribution >= 4 is 29.9 Å². The Hall–Kier alpha value is -2.62. The fourth-order valence-electron chi connectivity index (χ4n) is 2.60. The summed E-state index contributed by atoms with van der Waals surface area (Å²) in [6, 6.07) is 16.1. The van der Waals surface area contributed by atoms with Gasteiger partial charge in [-0.05, 0) is 36.2 Å². The van der Waals surface area contributed by atoms with Crippen LogP contribution in [0.5, 0.6) is 5.75 Å². The van der Waals surface area contributed by atoms with Gasteiger partial charge in [0, 0.05) is 18.7 Å². The molecule has 0 bridgehead atoms. The van der Waals surface area contributed by atoms with Crippen molar-refractivity contribution in [2.75, 3.05) is 13.7 Å². The molecule has 3 N–H and O–H groups in total. The van der Waals surface area contributed by atoms with E-state index in [0.717, 1.165) is 40.8 Å². The van der Waals surface area contributed by atoms with Gasteiger partial charge >= 0.3 is 0 Å². The van der Waals surface area contributed by atoms with E-state index in [-0.39, 0.29) is 24.0 Å². The van der Waals surface area contributed by atoms with Crippen LogP contribution in [0.25, 0.3) is 11.4 Å². The highest BCUT2D eigenvalue weighted by Gasteiger charge is 2.03. The number of hydrogen-bond acceptors (Lipinski definition) is 4. The van der Waals surface area contributed by atoms with Gasteiger partial charge in [-0.2, -0.15) is 5.10 Å². The maximum Gasteiger partial charge on any atom is 0.191 e. The highest BCUT2D eigenvalue weighted by atomic mass is 127. The number of methoxy groups -OCH3 is 1. The Labute approximate surface area is 182 Å². The average molecular weight is 492 g/mol. The van der Waals surface area contributed by atoms with Gasteiger partial charge in [0.15, 0.2) is 11.8 Å². The maximum atomic E-state index is 5.19. The van der Waals surface area contributed by atoms with E-state index in [2.05, 4.69) is 49.9 Å². The van der Waals surface area contributed by atoms with Gasteiger partial charge in [0.25, 0.3) is 0 Å². The lowest BCUT2D eigenvalue weighted by atomic mass is 10.1. The molecule has 28 heavy (non-hydrogen) atoms. The number of nitrogens with zero attached hydrogens (tertiary/aromatic N) is 3. The molecule has 1 aromatic heterocycles. The Morgan fingerprint density at radius 2 is 1.93 bits per heavy atom. The predicted octanol–water partition coefficient (Wildman–Crippen LogP) is 3.35. The molecule has 0 atom stereocenters. The van der Waals surface area contributed by atoms with Crippen molar-refractivity contribution in [1.82, 2.24) is 25.8 Å². The van der Waals surface area contributed by atoms with Gasteiger partial charge in [-0.15, -0.1) is 24.0 Å². The molecule has 2 aromatic carbocycles. The molecule has 3 aromatic rings. The number of halogens is 1. The number of hydrogen-bond donors (Lipinski definition) is 3. The van der Waals surface area contributed by atoms with E-state index in [9.17, 15) is 0 Å². The van der Waals surface area contributed by atoms with Gasteiger partial charge in [-0.3, -0.25) is 5.10 Å². The lowest BCUT2D eigenvalue weighted by Gasteiger charge is -2.12. The first kappa shape index (κ1) is 21.7. The molecule has 0 aliphatic heterocycles. The number of nitrogens with one attached hydrogen (secondary N) is 3. The molecule has 148 valence electrons. The molecule has 0 radical (unpaired) electrons. The Bertz CT molecular complexity index is 865. The molecule has 1 heterocycles. The van der Waals surface area contributed by atoms with Crippen molar-refractivity contribution in [3.63, 3.8) is 0 Å². The minimum atomic E-state index is 0. The fourth-order valence-corrected chi connectivity index (χ4v) is 2.60. The van der Waals surface area contributed by atoms with Crippen LogP contribution in [-0.4, -0.2) is 34.8 Å². The first-order valence-electron chi connectivity index (χ1n) is 8.88. The van der Waals surface area contributed by atoms with Crippen LogP contribution in [0.2, 0.25) is 0 Å². The minimum Gasteiger partial charge on any atom is -0.497 e. The molecule has 0 aliphatic carbocycles. The second-order valence-electron chi connectivity index (χ2n) is 5.93. The van der Waals surface area contributed by atoms with Crippen LogP contribution < -0.4 is 15.4 Å². The molecular weight excluding hydrogens is 467 g/mol. The van der Waals surface area contributed by atoms with Crippen molar-refractivity contribution < 1.29 is 4.74 Å². The third-order valence-electron chi connectivity index (χ3n) is 4.00. The molecule has 0 spiro atoms. The standard InChI is InChI=1S/C20H24N6O.HI/c1-3-21-20(22-12-15-7-9-18(27-2)10-8-15)23-13-16-5-4-6-17(11-16)19-24-14-25-26-19;/h4-11,14H,3,12-13H2,1-2H3,(H2,21,22,23)(H,24,25,26);1H. The van der Waals surface area contributed by atoms with E-state index in [1.54, 1.807) is 7.11 Å². The first-order valence-corrected chi connectivity index (χ1v) is 8.88. The van der Waals surface area contributed by atoms with Crippen molar-refractivity contribution in [1.29, 1.82) is 0 Å². The van der Waals surface area contributed by atoms with Crippen molar-refractivity contribution in [3.05, 3.63) is 66.0 Å². The third kappa shape index (κ3) is 6.22. The average Bonchev–Trinajstić information content (AvgIpc) is 3.26. The number of aliphatic imine (C=N–C) groups is 1. The summed E-state index contributed by atoms with van der Waals surface area (Å²) in [5.41, 5.74) is 3.26. The number of aromatic amines is 1. The van der Waals surface area contributed by atoms with Gasteiger partial charge in [-0.1, -0.05) is 30.3 Å². The van der Waals surface area contributed by atoms with E-state index in [4.69, 9.17) is 4.74 Å². The third-order valence-corrected chi connectivity index (χ3v) is 4.00. The first-order chi connectivity index (χ1) is 13.3. The normalized spacial score (nSPS) is 10.9. The zero-order chi connectivity index (χ0) is 18.9. The smallest absolute Gasteiger partial charge is 0.191 e. The molecule has 0 fully saturated rings. The lowest BCUT2D eigenvalue weighted by molar-refractivity contribution is 0.414. The van der Waals surface area contributed by atoms with Gasteiger partial charge in [0.05, 0.1) is 13.7 Å². The second-order valence-corrected chi connectivity index (χ2v) is 5.93. The molecule has 0 aliphatic rings. The van der Waals surface area contributed by atoms with E-state index in [0.29, 0.717) is 13.1 Å². The summed E-state index contributed by atoms with van der Waals surface area (Å²) >= 11 is 0. The van der Waals surface area contributed by atoms with Crippen LogP contribution in [0.1, 0.15) is 18.1 Å². The van der Waals surface area contributed by atoms with Crippen LogP contribution in [0.15, 0.2) is 59.9 Å². The van der Waals surface area contributed by atoms with Gasteiger partial charge in [0.1, 0.15) is 12.1 Å². The highest BCUT2D eigenvalue weighted by molar-refractivity contribution is 14.0. The maximum absolute atomic E-state index is 5.19. The summed E-state index contributed by atoms with van der Waals surface area (Å²) in [5, 5.41) is 13.4. The summed E-state index contributed by atoms with van der Waals surface area (Å²) in [5.74, 6) is 2.38. The molecular formula is C20H25IN6O. The zero-order valence-electron chi connectivity index (χ0n) is 16.0. The SMILES string of the molecule is CCNC(=NCc1cccc(-c2ncn[nH]2)c1)NCc1ccc(OC)cc1.I. The zero-order valence-corrected chi connectivity index (χ0v) is 18.3. The summed E-state index contributed by atoms with van der Waals surface area (Å²) in [6.07, 6.45) is 1.51. The Balaban J connectivity index is 0.00000280. The van der Waals surface area contributed by atoms with Gasteiger partial charge in [0.2, 0.25) is 0 Å². The molecule has 7 nitrogen and oxygen atoms in total. The van der Waals surface area contributed by atoms with Crippen LogP contribution >= 0.6 is 24.0 Å². The molecule has 3 rings (SSSR count). The van der Waals surface area contributed by atoms with E-state index in [1.807, 2.05) is 36.4 Å². The number of aromatic nitrogens is 3. The molecule has 8 heteroatoms. The largest absolute Gasteiger partial charge is 0.497 e. The predicted molar refractivity (Wildman–Crippen MR) is 122 cm³/mol. The monoisotopic (exact) mass is 492 g/mol. The summed E-state index contributed by atoms with van der Waals surface area (Å²) < 4.78 is 5.19. The molecule has 0 saturated carbocycles. The Morgan fingerprint density at radius 3 is 2.61 bits per heavy atom. The number of ether oxygens (including phenoxy) is 1. The van der Waals surface area contributed by atoms with Crippen LogP contribution in [0, 0.1) is 0 Å². The Kier molecular flexibility index (Phi) is 8.73. The van der Waals surface area contributed by atoms with Crippen molar-refractivity contribution in [2.24, 2.45) is 4.99 Å². The quantitative estimate of drug-likeness (QED) is 0.268. The minimum absolute atomic E-state index is 0. The lowest BCUT2D eigenvalue weighted by Crippen LogP contribution is -2.36. The fraction of sp³-hybridized carbons (Fsp3) is 0.250. The topological polar surface area (TPSA) is 87.2 Å². The molecule has 0 saturated heterocycles. The number of rotatable bonds is 7. The molecule has 0 unspecified atom stereocenters. The van der Waals surface area contributed by atoms with E-state index >= 15 is 0 Å². The van der Waals surface area contributed by atoms with Gasteiger partial charge < -0.3 is 15.4 Å². The molecule has 0 amide bonds. The van der Waals surface area contributed by atoms with Crippen LogP contribution in [0.4, 0.5) is 0 Å². The summed E-state index contributed by atoms with van der Waals surface area (Å²) in [4.78, 5) is 8.87. The van der Waals surface area contributed by atoms with E-state index in [1.165, 1.54) is 6.33 Å². The van der Waals surface area contributed by atoms with Crippen molar-refractivity contribution in [2.45, 2.75) is 20.0 Å². The summed E-state index contributed by atoms with van der Waals surface area (Å²) in [6.45, 7) is 4.11. The number of guanidine groups is 1. The van der Waals surface area contributed by atoms with Crippen LogP contribution in [0.3, 0.4) is 0 Å². The van der Waals surface area contributed by atoms with Gasteiger partial charge in [-0.25, -0.2) is 9.98 Å². The second kappa shape index (κ2) is 11.3. The summed E-state index contributed by atoms with van der Waals surface area (Å²) in [7, 11) is 1.67. The highest BCUT2D eigenvalue weighted by Crippen LogP contribution is 2.16. The number of H-pyrrole nitrogens is 1. The Morgan fingerprint density at radius 1 is 1.11 bits per heavy atom. The van der Waals surface area contributed by atoms with E-state index < -0.39 is 0 Å². The van der Waals surface area contributed by atoms with Crippen LogP contribution in [-0.2, 0) is 13.1 Å². The number of benzene rings is 2. The van der Waals surface area contributed by atoms with Crippen molar-refractivity contribution in [3.8, 4) is 17.1 Å².